The van der Waals surface area contributed by atoms with Crippen molar-refractivity contribution in [3.05, 3.63) is 29.3 Å². The number of hydrogen-bond donors (Lipinski definition) is 1. The molecule has 0 saturated heterocycles. The van der Waals surface area contributed by atoms with Gasteiger partial charge in [-0.25, -0.2) is 13.2 Å². The average molecular weight is 341 g/mol. The van der Waals surface area contributed by atoms with E-state index in [9.17, 15) is 18.0 Å². The molecule has 0 bridgehead atoms. The number of esters is 1. The van der Waals surface area contributed by atoms with Crippen LogP contribution in [0.25, 0.3) is 0 Å². The van der Waals surface area contributed by atoms with Crippen LogP contribution in [0.15, 0.2) is 23.1 Å². The maximum absolute atomic E-state index is 12.0. The molecular weight excluding hydrogens is 318 g/mol. The van der Waals surface area contributed by atoms with Crippen LogP contribution in [0.5, 0.6) is 0 Å². The van der Waals surface area contributed by atoms with E-state index in [-0.39, 0.29) is 23.0 Å². The van der Waals surface area contributed by atoms with Crippen molar-refractivity contribution in [3.63, 3.8) is 0 Å². The zero-order valence-electron chi connectivity index (χ0n) is 13.9. The number of sulfone groups is 1. The Balaban J connectivity index is 2.66. The van der Waals surface area contributed by atoms with Gasteiger partial charge in [0.1, 0.15) is 0 Å². The van der Waals surface area contributed by atoms with Gasteiger partial charge in [-0.15, -0.1) is 0 Å². The summed E-state index contributed by atoms with van der Waals surface area (Å²) >= 11 is 0. The molecule has 0 unspecified atom stereocenters. The van der Waals surface area contributed by atoms with Crippen LogP contribution in [0.2, 0.25) is 0 Å². The van der Waals surface area contributed by atoms with Gasteiger partial charge in [0.05, 0.1) is 10.5 Å². The number of rotatable bonds is 7. The number of amides is 1. The Bertz CT molecular complexity index is 680. The molecule has 0 aliphatic carbocycles. The lowest BCUT2D eigenvalue weighted by Gasteiger charge is -2.10. The summed E-state index contributed by atoms with van der Waals surface area (Å²) in [5, 5.41) is 2.66. The monoisotopic (exact) mass is 341 g/mol. The molecule has 0 aliphatic heterocycles. The SMILES string of the molecule is Cc1ccc(S(C)(=O)=O)cc1C(=O)OCC(=O)NCCC(C)C. The smallest absolute Gasteiger partial charge is 0.338 e. The van der Waals surface area contributed by atoms with Gasteiger partial charge in [0, 0.05) is 12.8 Å². The topological polar surface area (TPSA) is 89.5 Å². The van der Waals surface area contributed by atoms with E-state index in [1.165, 1.54) is 18.2 Å². The van der Waals surface area contributed by atoms with Crippen molar-refractivity contribution in [1.82, 2.24) is 5.32 Å². The Morgan fingerprint density at radius 3 is 2.48 bits per heavy atom. The number of aryl methyl sites for hydroxylation is 1. The molecule has 1 amide bonds. The fraction of sp³-hybridized carbons (Fsp3) is 0.500. The first kappa shape index (κ1) is 19.2. The third-order valence-electron chi connectivity index (χ3n) is 3.24. The van der Waals surface area contributed by atoms with Crippen LogP contribution in [-0.4, -0.2) is 39.7 Å². The van der Waals surface area contributed by atoms with Gasteiger partial charge in [-0.1, -0.05) is 19.9 Å². The Hall–Kier alpha value is -1.89. The molecule has 7 heteroatoms. The van der Waals surface area contributed by atoms with E-state index in [4.69, 9.17) is 4.74 Å². The maximum atomic E-state index is 12.0. The van der Waals surface area contributed by atoms with E-state index >= 15 is 0 Å². The van der Waals surface area contributed by atoms with Crippen LogP contribution >= 0.6 is 0 Å². The molecule has 0 fully saturated rings. The Labute approximate surface area is 137 Å². The van der Waals surface area contributed by atoms with Crippen molar-refractivity contribution >= 4 is 21.7 Å². The number of benzene rings is 1. The van der Waals surface area contributed by atoms with E-state index < -0.39 is 15.8 Å². The number of nitrogens with one attached hydrogen (secondary N) is 1. The minimum Gasteiger partial charge on any atom is -0.452 e. The number of hydrogen-bond acceptors (Lipinski definition) is 5. The van der Waals surface area contributed by atoms with E-state index in [0.717, 1.165) is 12.7 Å². The standard InChI is InChI=1S/C16H23NO5S/c1-11(2)7-8-17-15(18)10-22-16(19)14-9-13(23(4,20)21)6-5-12(14)3/h5-6,9,11H,7-8,10H2,1-4H3,(H,17,18). The van der Waals surface area contributed by atoms with Gasteiger partial charge >= 0.3 is 5.97 Å². The molecule has 0 aromatic heterocycles. The molecule has 0 aliphatic rings. The fourth-order valence-electron chi connectivity index (χ4n) is 1.81. The summed E-state index contributed by atoms with van der Waals surface area (Å²) in [5.74, 6) is -0.623. The molecule has 6 nitrogen and oxygen atoms in total. The predicted octanol–water partition coefficient (Wildman–Crippen LogP) is 1.72. The number of carbonyl (C=O) groups is 2. The van der Waals surface area contributed by atoms with Gasteiger partial charge in [0.2, 0.25) is 0 Å². The highest BCUT2D eigenvalue weighted by Gasteiger charge is 2.16. The average Bonchev–Trinajstić information content (AvgIpc) is 2.43. The van der Waals surface area contributed by atoms with Gasteiger partial charge in [-0.05, 0) is 37.0 Å². The molecule has 0 radical (unpaired) electrons. The lowest BCUT2D eigenvalue weighted by Crippen LogP contribution is -2.30. The molecule has 0 spiro atoms. The zero-order valence-corrected chi connectivity index (χ0v) is 14.7. The van der Waals surface area contributed by atoms with Crippen molar-refractivity contribution in [1.29, 1.82) is 0 Å². The highest BCUT2D eigenvalue weighted by atomic mass is 32.2. The predicted molar refractivity (Wildman–Crippen MR) is 87.0 cm³/mol. The molecular formula is C16H23NO5S. The van der Waals surface area contributed by atoms with E-state index in [1.54, 1.807) is 6.92 Å². The summed E-state index contributed by atoms with van der Waals surface area (Å²) < 4.78 is 28.0. The quantitative estimate of drug-likeness (QED) is 0.763. The molecule has 1 rings (SSSR count). The van der Waals surface area contributed by atoms with Crippen molar-refractivity contribution in [2.45, 2.75) is 32.1 Å². The maximum Gasteiger partial charge on any atom is 0.338 e. The first-order valence-corrected chi connectivity index (χ1v) is 9.25. The summed E-state index contributed by atoms with van der Waals surface area (Å²) in [6.07, 6.45) is 1.91. The summed E-state index contributed by atoms with van der Waals surface area (Å²) in [4.78, 5) is 23.7. The lowest BCUT2D eigenvalue weighted by atomic mass is 10.1. The van der Waals surface area contributed by atoms with Gasteiger partial charge in [-0.2, -0.15) is 0 Å². The Morgan fingerprint density at radius 1 is 1.26 bits per heavy atom. The molecule has 0 heterocycles. The van der Waals surface area contributed by atoms with Gasteiger partial charge in [0.25, 0.3) is 5.91 Å². The Kier molecular flexibility index (Phi) is 6.75. The van der Waals surface area contributed by atoms with E-state index in [2.05, 4.69) is 5.32 Å². The number of carbonyl (C=O) groups excluding carboxylic acids is 2. The minimum atomic E-state index is -3.41. The fourth-order valence-corrected chi connectivity index (χ4v) is 2.46. The second-order valence-corrected chi connectivity index (χ2v) is 7.87. The third-order valence-corrected chi connectivity index (χ3v) is 4.35. The van der Waals surface area contributed by atoms with Gasteiger partial charge < -0.3 is 10.1 Å². The number of ether oxygens (including phenoxy) is 1. The second kappa shape index (κ2) is 8.10. The summed E-state index contributed by atoms with van der Waals surface area (Å²) in [6.45, 7) is 5.90. The Morgan fingerprint density at radius 2 is 1.91 bits per heavy atom. The molecule has 1 N–H and O–H groups in total. The normalized spacial score (nSPS) is 11.3. The van der Waals surface area contributed by atoms with Crippen LogP contribution in [0.4, 0.5) is 0 Å². The largest absolute Gasteiger partial charge is 0.452 e. The highest BCUT2D eigenvalue weighted by Crippen LogP contribution is 2.16. The molecule has 128 valence electrons. The van der Waals surface area contributed by atoms with Crippen LogP contribution in [-0.2, 0) is 19.4 Å². The van der Waals surface area contributed by atoms with E-state index in [0.29, 0.717) is 18.0 Å². The van der Waals surface area contributed by atoms with Crippen LogP contribution < -0.4 is 5.32 Å². The van der Waals surface area contributed by atoms with Crippen molar-refractivity contribution in [3.8, 4) is 0 Å². The van der Waals surface area contributed by atoms with Crippen LogP contribution in [0.3, 0.4) is 0 Å². The van der Waals surface area contributed by atoms with Crippen molar-refractivity contribution in [2.75, 3.05) is 19.4 Å². The van der Waals surface area contributed by atoms with Gasteiger partial charge in [-0.3, -0.25) is 4.79 Å². The molecule has 0 atom stereocenters. The molecule has 1 aromatic carbocycles. The second-order valence-electron chi connectivity index (χ2n) is 5.86. The summed E-state index contributed by atoms with van der Waals surface area (Å²) in [7, 11) is -3.41. The third kappa shape index (κ3) is 6.40. The summed E-state index contributed by atoms with van der Waals surface area (Å²) in [6, 6.07) is 4.24. The summed E-state index contributed by atoms with van der Waals surface area (Å²) in [5.41, 5.74) is 0.727. The van der Waals surface area contributed by atoms with Crippen molar-refractivity contribution in [2.24, 2.45) is 5.92 Å². The van der Waals surface area contributed by atoms with Crippen LogP contribution in [0, 0.1) is 12.8 Å². The molecule has 1 aromatic rings. The highest BCUT2D eigenvalue weighted by molar-refractivity contribution is 7.90. The van der Waals surface area contributed by atoms with Crippen molar-refractivity contribution < 1.29 is 22.7 Å². The zero-order chi connectivity index (χ0) is 17.6. The van der Waals surface area contributed by atoms with Crippen LogP contribution in [0.1, 0.15) is 36.2 Å². The first-order chi connectivity index (χ1) is 10.6. The van der Waals surface area contributed by atoms with E-state index in [1.807, 2.05) is 13.8 Å². The lowest BCUT2D eigenvalue weighted by molar-refractivity contribution is -0.124. The van der Waals surface area contributed by atoms with Gasteiger partial charge in [0.15, 0.2) is 16.4 Å². The molecule has 23 heavy (non-hydrogen) atoms. The minimum absolute atomic E-state index is 0.0384. The first-order valence-electron chi connectivity index (χ1n) is 7.35. The molecule has 0 saturated carbocycles.